The van der Waals surface area contributed by atoms with Crippen LogP contribution >= 0.6 is 0 Å². The number of halogens is 4. The third-order valence-electron chi connectivity index (χ3n) is 13.1. The Kier molecular flexibility index (Phi) is 12.0. The molecule has 0 bridgehead atoms. The van der Waals surface area contributed by atoms with Gasteiger partial charge in [-0.1, -0.05) is 49.6 Å². The summed E-state index contributed by atoms with van der Waals surface area (Å²) < 4.78 is 71.4. The summed E-state index contributed by atoms with van der Waals surface area (Å²) in [5.41, 5.74) is 7.41. The zero-order valence-electron chi connectivity index (χ0n) is 35.3. The summed E-state index contributed by atoms with van der Waals surface area (Å²) in [4.78, 5) is 36.2. The van der Waals surface area contributed by atoms with E-state index in [2.05, 4.69) is 38.0 Å². The maximum absolute atomic E-state index is 13.3. The molecule has 328 valence electrons. The molecular formula is C49H52F4N2O7. The van der Waals surface area contributed by atoms with Gasteiger partial charge in [0.25, 0.3) is 0 Å². The molecule has 0 spiro atoms. The lowest BCUT2D eigenvalue weighted by molar-refractivity contribution is -0.287. The predicted octanol–water partition coefficient (Wildman–Crippen LogP) is 10.7. The number of nitrogens with zero attached hydrogens (tertiary/aromatic N) is 2. The van der Waals surface area contributed by atoms with Crippen LogP contribution in [0.25, 0.3) is 5.57 Å². The van der Waals surface area contributed by atoms with Crippen molar-refractivity contribution in [3.63, 3.8) is 0 Å². The van der Waals surface area contributed by atoms with E-state index in [1.54, 1.807) is 12.1 Å². The summed E-state index contributed by atoms with van der Waals surface area (Å²) in [5.74, 6) is 0.606. The Morgan fingerprint density at radius 1 is 0.629 bits per heavy atom. The lowest BCUT2D eigenvalue weighted by atomic mass is 9.84. The second-order valence-corrected chi connectivity index (χ2v) is 17.3. The maximum Gasteiger partial charge on any atom is 0.586 e. The maximum atomic E-state index is 13.3. The molecule has 4 aromatic rings. The number of hydrogen-bond donors (Lipinski definition) is 1. The minimum Gasteiger partial charge on any atom is -0.400 e. The number of hydrogen-bond acceptors (Lipinski definition) is 9. The van der Waals surface area contributed by atoms with Crippen molar-refractivity contribution in [2.45, 2.75) is 139 Å². The first-order chi connectivity index (χ1) is 29.7. The first-order valence-corrected chi connectivity index (χ1v) is 21.7. The van der Waals surface area contributed by atoms with E-state index in [1.165, 1.54) is 67.5 Å². The van der Waals surface area contributed by atoms with Gasteiger partial charge in [0.1, 0.15) is 11.6 Å². The molecule has 4 heterocycles. The number of ketones is 2. The summed E-state index contributed by atoms with van der Waals surface area (Å²) >= 11 is 0. The van der Waals surface area contributed by atoms with Gasteiger partial charge in [-0.3, -0.25) is 19.6 Å². The number of aryl methyl sites for hydroxylation is 2. The van der Waals surface area contributed by atoms with Gasteiger partial charge in [0.15, 0.2) is 23.0 Å². The Labute approximate surface area is 358 Å². The van der Waals surface area contributed by atoms with Gasteiger partial charge in [0.2, 0.25) is 0 Å². The Morgan fingerprint density at radius 2 is 1.13 bits per heavy atom. The van der Waals surface area contributed by atoms with Gasteiger partial charge in [-0.2, -0.15) is 0 Å². The largest absolute Gasteiger partial charge is 0.586 e. The van der Waals surface area contributed by atoms with E-state index in [1.807, 2.05) is 25.1 Å². The van der Waals surface area contributed by atoms with Crippen LogP contribution in [0.5, 0.6) is 23.0 Å². The first kappa shape index (κ1) is 43.4. The van der Waals surface area contributed by atoms with Gasteiger partial charge in [-0.05, 0) is 142 Å². The van der Waals surface area contributed by atoms with Crippen molar-refractivity contribution in [1.82, 2.24) is 9.97 Å². The molecule has 3 fully saturated rings. The number of ether oxygens (including phenoxy) is 4. The molecule has 4 aliphatic carbocycles. The quantitative estimate of drug-likeness (QED) is 0.156. The molecule has 2 aromatic heterocycles. The van der Waals surface area contributed by atoms with Crippen LogP contribution in [-0.4, -0.2) is 46.3 Å². The van der Waals surface area contributed by atoms with Crippen molar-refractivity contribution in [2.75, 3.05) is 7.11 Å². The van der Waals surface area contributed by atoms with Gasteiger partial charge in [0, 0.05) is 43.0 Å². The number of rotatable bonds is 10. The smallest absolute Gasteiger partial charge is 0.400 e. The fourth-order valence-electron chi connectivity index (χ4n) is 9.39. The number of alkyl halides is 4. The number of carbonyl (C=O) groups is 2. The molecule has 0 radical (unpaired) electrons. The van der Waals surface area contributed by atoms with Crippen LogP contribution in [0.4, 0.5) is 17.6 Å². The molecule has 0 saturated heterocycles. The van der Waals surface area contributed by atoms with E-state index in [9.17, 15) is 27.2 Å². The molecule has 10 rings (SSSR count). The van der Waals surface area contributed by atoms with Crippen molar-refractivity contribution >= 4 is 17.1 Å². The Hall–Kier alpha value is -5.30. The summed E-state index contributed by atoms with van der Waals surface area (Å²) in [5, 5.41) is 7.00. The van der Waals surface area contributed by atoms with E-state index >= 15 is 0 Å². The second-order valence-electron chi connectivity index (χ2n) is 17.3. The molecule has 9 nitrogen and oxygen atoms in total. The molecule has 62 heavy (non-hydrogen) atoms. The number of aromatic nitrogens is 2. The van der Waals surface area contributed by atoms with E-state index < -0.39 is 23.4 Å². The molecule has 13 heteroatoms. The van der Waals surface area contributed by atoms with E-state index in [0.717, 1.165) is 61.1 Å². The molecule has 1 N–H and O–H groups in total. The molecule has 0 unspecified atom stereocenters. The minimum absolute atomic E-state index is 0.00222. The van der Waals surface area contributed by atoms with Crippen LogP contribution in [-0.2, 0) is 33.3 Å². The number of fused-ring (bicyclic) bond motifs is 2. The standard InChI is InChI=1S/C24H25F2NO3.C24H23F2NO3.CH4O/c2*1-15-7-9-18(27-22(15)16-5-3-2-4-6-16)14-21(28)23(11-12-23)17-8-10-19-20(13-17)30-24(25,26)29-19;1-2/h7-10,13,16H,2-6,11-12,14H2,1H3;5,7-10,13H,2-4,6,11-12,14H2,1H3;2H,1H3. The topological polar surface area (TPSA) is 117 Å². The monoisotopic (exact) mass is 856 g/mol. The average Bonchev–Trinajstić information content (AvgIpc) is 4.19. The summed E-state index contributed by atoms with van der Waals surface area (Å²) in [7, 11) is 1.00. The van der Waals surface area contributed by atoms with Gasteiger partial charge >= 0.3 is 12.6 Å². The number of aliphatic hydroxyl groups is 1. The van der Waals surface area contributed by atoms with Crippen LogP contribution in [0.3, 0.4) is 0 Å². The molecule has 0 amide bonds. The fraction of sp³-hybridized carbons (Fsp3) is 0.469. The van der Waals surface area contributed by atoms with Crippen molar-refractivity contribution in [3.8, 4) is 23.0 Å². The van der Waals surface area contributed by atoms with Crippen LogP contribution in [0.2, 0.25) is 0 Å². The summed E-state index contributed by atoms with van der Waals surface area (Å²) in [6.45, 7) is 4.14. The molecule has 3 saturated carbocycles. The predicted molar refractivity (Wildman–Crippen MR) is 223 cm³/mol. The highest BCUT2D eigenvalue weighted by molar-refractivity contribution is 5.95. The van der Waals surface area contributed by atoms with E-state index in [0.29, 0.717) is 42.7 Å². The molecule has 6 aliphatic rings. The Bertz CT molecular complexity index is 2380. The zero-order chi connectivity index (χ0) is 43.9. The number of allylic oxidation sites excluding steroid dienone is 2. The molecular weight excluding hydrogens is 805 g/mol. The van der Waals surface area contributed by atoms with E-state index in [-0.39, 0.29) is 47.4 Å². The SMILES string of the molecule is CO.Cc1ccc(CC(=O)C2(c3ccc4c(c3)OC(F)(F)O4)CC2)nc1C1=CCCCC1.Cc1ccc(CC(=O)C2(c3ccc4c(c3)OC(F)(F)O4)CC2)nc1C1CCCCC1. The zero-order valence-corrected chi connectivity index (χ0v) is 35.3. The normalized spacial score (nSPS) is 20.4. The van der Waals surface area contributed by atoms with Crippen molar-refractivity contribution in [1.29, 1.82) is 0 Å². The van der Waals surface area contributed by atoms with Crippen LogP contribution in [0, 0.1) is 13.8 Å². The van der Waals surface area contributed by atoms with Crippen LogP contribution in [0.1, 0.15) is 134 Å². The number of aliphatic hydroxyl groups excluding tert-OH is 1. The number of pyridine rings is 2. The third-order valence-corrected chi connectivity index (χ3v) is 13.1. The average molecular weight is 857 g/mol. The van der Waals surface area contributed by atoms with Crippen molar-refractivity contribution < 1.29 is 51.2 Å². The van der Waals surface area contributed by atoms with Gasteiger partial charge in [-0.15, -0.1) is 17.6 Å². The lowest BCUT2D eigenvalue weighted by Gasteiger charge is -2.23. The number of benzene rings is 2. The van der Waals surface area contributed by atoms with Gasteiger partial charge in [0.05, 0.1) is 16.5 Å². The minimum atomic E-state index is -3.66. The summed E-state index contributed by atoms with van der Waals surface area (Å²) in [6.07, 6.45) is 8.83. The van der Waals surface area contributed by atoms with Crippen molar-refractivity contribution in [2.24, 2.45) is 0 Å². The third kappa shape index (κ3) is 8.96. The Morgan fingerprint density at radius 3 is 1.63 bits per heavy atom. The fourth-order valence-corrected chi connectivity index (χ4v) is 9.39. The highest BCUT2D eigenvalue weighted by Gasteiger charge is 2.53. The van der Waals surface area contributed by atoms with Crippen molar-refractivity contribution in [3.05, 3.63) is 112 Å². The number of carbonyl (C=O) groups excluding carboxylic acids is 2. The van der Waals surface area contributed by atoms with Crippen LogP contribution < -0.4 is 18.9 Å². The second kappa shape index (κ2) is 17.1. The molecule has 2 aliphatic heterocycles. The van der Waals surface area contributed by atoms with Gasteiger partial charge in [-0.25, -0.2) is 0 Å². The van der Waals surface area contributed by atoms with E-state index in [4.69, 9.17) is 15.1 Å². The highest BCUT2D eigenvalue weighted by atomic mass is 19.3. The number of Topliss-reactive ketones (excluding diaryl/α,β-unsaturated/α-hetero) is 2. The van der Waals surface area contributed by atoms with Crippen LogP contribution in [0.15, 0.2) is 66.7 Å². The highest BCUT2D eigenvalue weighted by Crippen LogP contribution is 2.54. The van der Waals surface area contributed by atoms with Gasteiger partial charge < -0.3 is 24.1 Å². The molecule has 2 aromatic carbocycles. The lowest BCUT2D eigenvalue weighted by Crippen LogP contribution is -2.26. The first-order valence-electron chi connectivity index (χ1n) is 21.7. The summed E-state index contributed by atoms with van der Waals surface area (Å²) in [6, 6.07) is 17.3. The molecule has 0 atom stereocenters. The Balaban J connectivity index is 0.000000164.